The lowest BCUT2D eigenvalue weighted by Gasteiger charge is -2.41. The Labute approximate surface area is 252 Å². The summed E-state index contributed by atoms with van der Waals surface area (Å²) in [6.45, 7) is 1.18. The first-order valence-electron chi connectivity index (χ1n) is 14.3. The first-order chi connectivity index (χ1) is 20.2. The van der Waals surface area contributed by atoms with Gasteiger partial charge in [-0.2, -0.15) is 26.2 Å². The highest BCUT2D eigenvalue weighted by atomic mass is 35.5. The maximum Gasteiger partial charge on any atom is 0.225 e. The SMILES string of the molecule is N#Cc1ccc(-n2cc(-c3ccc(N4CCS(O)(O)CC4)cc3)c([C@@H]3CCCC[C@H]3C(=O)NC3(C#N)CC3)n2)c(Cl)c1. The molecule has 3 aromatic rings. The van der Waals surface area contributed by atoms with Crippen LogP contribution in [-0.4, -0.2) is 54.9 Å². The third-order valence-electron chi connectivity index (χ3n) is 8.77. The summed E-state index contributed by atoms with van der Waals surface area (Å²) in [5, 5.41) is 27.3. The maximum absolute atomic E-state index is 13.5. The van der Waals surface area contributed by atoms with Crippen molar-refractivity contribution in [2.24, 2.45) is 5.92 Å². The Morgan fingerprint density at radius 3 is 2.43 bits per heavy atom. The predicted molar refractivity (Wildman–Crippen MR) is 164 cm³/mol. The summed E-state index contributed by atoms with van der Waals surface area (Å²) in [6, 6.07) is 17.6. The van der Waals surface area contributed by atoms with Crippen molar-refractivity contribution in [1.29, 1.82) is 10.5 Å². The molecule has 3 aliphatic rings. The van der Waals surface area contributed by atoms with Crippen molar-refractivity contribution in [2.45, 2.75) is 50.0 Å². The average Bonchev–Trinajstić information content (AvgIpc) is 3.64. The Balaban J connectivity index is 1.37. The zero-order valence-corrected chi connectivity index (χ0v) is 24.7. The second-order valence-electron chi connectivity index (χ2n) is 11.6. The molecule has 218 valence electrons. The lowest BCUT2D eigenvalue weighted by molar-refractivity contribution is -0.127. The number of nitriles is 2. The van der Waals surface area contributed by atoms with Gasteiger partial charge in [0, 0.05) is 42.4 Å². The molecule has 1 aromatic heterocycles. The molecule has 6 rings (SSSR count). The van der Waals surface area contributed by atoms with Crippen LogP contribution in [0.1, 0.15) is 55.7 Å². The highest BCUT2D eigenvalue weighted by molar-refractivity contribution is 8.24. The number of benzene rings is 2. The molecule has 1 saturated heterocycles. The fourth-order valence-corrected chi connectivity index (χ4v) is 7.59. The third kappa shape index (κ3) is 5.73. The van der Waals surface area contributed by atoms with Crippen LogP contribution in [0.2, 0.25) is 5.02 Å². The number of nitrogens with zero attached hydrogens (tertiary/aromatic N) is 5. The first-order valence-corrected chi connectivity index (χ1v) is 16.6. The lowest BCUT2D eigenvalue weighted by atomic mass is 9.75. The molecule has 11 heteroatoms. The Kier molecular flexibility index (Phi) is 7.67. The first kappa shape index (κ1) is 28.6. The van der Waals surface area contributed by atoms with Gasteiger partial charge in [-0.25, -0.2) is 4.68 Å². The number of nitrogens with one attached hydrogen (secondary N) is 1. The van der Waals surface area contributed by atoms with Gasteiger partial charge >= 0.3 is 0 Å². The number of halogens is 1. The van der Waals surface area contributed by atoms with Gasteiger partial charge in [-0.05, 0) is 61.6 Å². The van der Waals surface area contributed by atoms with Crippen LogP contribution in [0, 0.1) is 28.6 Å². The van der Waals surface area contributed by atoms with Crippen molar-refractivity contribution < 1.29 is 13.9 Å². The van der Waals surface area contributed by atoms with Crippen LogP contribution in [0.5, 0.6) is 0 Å². The van der Waals surface area contributed by atoms with E-state index in [0.29, 0.717) is 53.7 Å². The van der Waals surface area contributed by atoms with Gasteiger partial charge in [0.25, 0.3) is 0 Å². The summed E-state index contributed by atoms with van der Waals surface area (Å²) in [6.07, 6.45) is 6.78. The van der Waals surface area contributed by atoms with Gasteiger partial charge in [0.2, 0.25) is 5.91 Å². The van der Waals surface area contributed by atoms with Crippen LogP contribution < -0.4 is 10.2 Å². The number of aromatic nitrogens is 2. The molecular formula is C31H33ClN6O3S. The fraction of sp³-hybridized carbons (Fsp3) is 0.419. The summed E-state index contributed by atoms with van der Waals surface area (Å²) in [5.41, 5.74) is 4.06. The van der Waals surface area contributed by atoms with Crippen molar-refractivity contribution in [3.05, 3.63) is 64.9 Å². The fourth-order valence-electron chi connectivity index (χ4n) is 6.10. The number of hydrogen-bond donors (Lipinski definition) is 3. The van der Waals surface area contributed by atoms with Gasteiger partial charge in [0.1, 0.15) is 5.54 Å². The maximum atomic E-state index is 13.5. The van der Waals surface area contributed by atoms with E-state index in [0.717, 1.165) is 48.2 Å². The van der Waals surface area contributed by atoms with E-state index in [1.807, 2.05) is 30.5 Å². The van der Waals surface area contributed by atoms with Crippen molar-refractivity contribution in [2.75, 3.05) is 29.5 Å². The van der Waals surface area contributed by atoms with E-state index in [1.54, 1.807) is 22.9 Å². The molecule has 0 radical (unpaired) electrons. The molecule has 3 N–H and O–H groups in total. The third-order valence-corrected chi connectivity index (χ3v) is 10.7. The molecule has 2 saturated carbocycles. The van der Waals surface area contributed by atoms with E-state index in [9.17, 15) is 24.4 Å². The second-order valence-corrected chi connectivity index (χ2v) is 14.4. The monoisotopic (exact) mass is 604 g/mol. The molecular weight excluding hydrogens is 572 g/mol. The molecule has 0 bridgehead atoms. The molecule has 2 aromatic carbocycles. The second kappa shape index (κ2) is 11.3. The molecule has 2 atom stereocenters. The van der Waals surface area contributed by atoms with Crippen LogP contribution >= 0.6 is 22.2 Å². The molecule has 0 unspecified atom stereocenters. The van der Waals surface area contributed by atoms with E-state index in [1.165, 1.54) is 0 Å². The zero-order valence-electron chi connectivity index (χ0n) is 23.2. The normalized spacial score (nSPS) is 23.3. The molecule has 2 aliphatic carbocycles. The van der Waals surface area contributed by atoms with Crippen LogP contribution in [0.25, 0.3) is 16.8 Å². The molecule has 1 amide bonds. The minimum atomic E-state index is -2.48. The minimum absolute atomic E-state index is 0.0814. The summed E-state index contributed by atoms with van der Waals surface area (Å²) in [7, 11) is -2.48. The minimum Gasteiger partial charge on any atom is -0.368 e. The molecule has 9 nitrogen and oxygen atoms in total. The summed E-state index contributed by atoms with van der Waals surface area (Å²) in [4.78, 5) is 15.7. The lowest BCUT2D eigenvalue weighted by Crippen LogP contribution is -2.42. The molecule has 0 spiro atoms. The average molecular weight is 605 g/mol. The Hall–Kier alpha value is -3.54. The zero-order chi connectivity index (χ0) is 29.5. The van der Waals surface area contributed by atoms with E-state index < -0.39 is 16.1 Å². The molecule has 42 heavy (non-hydrogen) atoms. The molecule has 2 heterocycles. The van der Waals surface area contributed by atoms with Gasteiger partial charge < -0.3 is 10.2 Å². The van der Waals surface area contributed by atoms with Gasteiger partial charge in [-0.1, -0.05) is 36.6 Å². The van der Waals surface area contributed by atoms with Gasteiger partial charge in [0.05, 0.1) is 45.6 Å². The standard InChI is InChI=1S/C31H33ClN6O3S/c32-27-17-21(18-33)5-10-28(27)38-19-26(22-6-8-23(9-7-22)37-13-15-42(40,41)16-14-37)29(36-38)24-3-1-2-4-25(24)30(39)35-31(20-34)11-12-31/h5-10,17,19,24-25,40-41H,1-4,11-16H2,(H,35,39)/t24-,25-/m1/s1. The highest BCUT2D eigenvalue weighted by Gasteiger charge is 2.47. The van der Waals surface area contributed by atoms with Gasteiger partial charge in [-0.15, -0.1) is 0 Å². The largest absolute Gasteiger partial charge is 0.368 e. The Morgan fingerprint density at radius 2 is 1.79 bits per heavy atom. The van der Waals surface area contributed by atoms with E-state index in [4.69, 9.17) is 16.7 Å². The van der Waals surface area contributed by atoms with E-state index >= 15 is 0 Å². The highest BCUT2D eigenvalue weighted by Crippen LogP contribution is 2.44. The quantitative estimate of drug-likeness (QED) is 0.310. The molecule has 1 aliphatic heterocycles. The van der Waals surface area contributed by atoms with Crippen LogP contribution in [-0.2, 0) is 4.79 Å². The summed E-state index contributed by atoms with van der Waals surface area (Å²) >= 11 is 6.59. The summed E-state index contributed by atoms with van der Waals surface area (Å²) < 4.78 is 21.7. The number of hydrogen-bond acceptors (Lipinski definition) is 7. The number of carbonyl (C=O) groups excluding carboxylic acids is 1. The number of amides is 1. The summed E-state index contributed by atoms with van der Waals surface area (Å²) in [5.74, 6) is 0.232. The van der Waals surface area contributed by atoms with E-state index in [-0.39, 0.29) is 17.7 Å². The Morgan fingerprint density at radius 1 is 1.07 bits per heavy atom. The topological polar surface area (TPSA) is 138 Å². The Bertz CT molecular complexity index is 1580. The molecule has 3 fully saturated rings. The number of rotatable bonds is 6. The van der Waals surface area contributed by atoms with Crippen molar-refractivity contribution in [1.82, 2.24) is 15.1 Å². The van der Waals surface area contributed by atoms with Crippen LogP contribution in [0.4, 0.5) is 5.69 Å². The van der Waals surface area contributed by atoms with Crippen LogP contribution in [0.15, 0.2) is 48.7 Å². The number of carbonyl (C=O) groups is 1. The smallest absolute Gasteiger partial charge is 0.225 e. The van der Waals surface area contributed by atoms with E-state index in [2.05, 4.69) is 22.4 Å². The van der Waals surface area contributed by atoms with Gasteiger partial charge in [-0.3, -0.25) is 13.9 Å². The van der Waals surface area contributed by atoms with Crippen molar-refractivity contribution in [3.63, 3.8) is 0 Å². The number of anilines is 1. The van der Waals surface area contributed by atoms with Crippen LogP contribution in [0.3, 0.4) is 0 Å². The predicted octanol–water partition coefficient (Wildman–Crippen LogP) is 6.08. The van der Waals surface area contributed by atoms with Gasteiger partial charge in [0.15, 0.2) is 0 Å². The van der Waals surface area contributed by atoms with Crippen molar-refractivity contribution >= 4 is 33.8 Å². The van der Waals surface area contributed by atoms with Crippen molar-refractivity contribution in [3.8, 4) is 29.0 Å².